The van der Waals surface area contributed by atoms with E-state index < -0.39 is 0 Å². The van der Waals surface area contributed by atoms with Crippen molar-refractivity contribution in [1.82, 2.24) is 10.2 Å². The van der Waals surface area contributed by atoms with Crippen molar-refractivity contribution in [3.63, 3.8) is 0 Å². The summed E-state index contributed by atoms with van der Waals surface area (Å²) in [7, 11) is 0. The molecule has 20 heavy (non-hydrogen) atoms. The van der Waals surface area contributed by atoms with Crippen molar-refractivity contribution in [2.75, 3.05) is 18.0 Å². The largest absolute Gasteiger partial charge is 0.369 e. The van der Waals surface area contributed by atoms with E-state index in [2.05, 4.69) is 46.3 Å². The molecule has 0 atom stereocenters. The molecule has 0 spiro atoms. The molecule has 2 heterocycles. The SMILES string of the molecule is Cc1ccc(Cc2[nH]ncc2N2CCC(N)CC2)cc1. The number of aromatic amines is 1. The maximum absolute atomic E-state index is 5.98. The molecular weight excluding hydrogens is 248 g/mol. The summed E-state index contributed by atoms with van der Waals surface area (Å²) in [5, 5.41) is 7.39. The van der Waals surface area contributed by atoms with E-state index in [4.69, 9.17) is 5.73 Å². The van der Waals surface area contributed by atoms with Gasteiger partial charge < -0.3 is 10.6 Å². The van der Waals surface area contributed by atoms with Gasteiger partial charge in [0.25, 0.3) is 0 Å². The molecule has 1 aromatic carbocycles. The summed E-state index contributed by atoms with van der Waals surface area (Å²) in [6, 6.07) is 9.05. The maximum Gasteiger partial charge on any atom is 0.0785 e. The molecule has 1 fully saturated rings. The zero-order valence-electron chi connectivity index (χ0n) is 12.0. The summed E-state index contributed by atoms with van der Waals surface area (Å²) in [6.45, 7) is 4.17. The highest BCUT2D eigenvalue weighted by molar-refractivity contribution is 5.51. The fourth-order valence-electron chi connectivity index (χ4n) is 2.76. The molecule has 0 unspecified atom stereocenters. The van der Waals surface area contributed by atoms with Crippen LogP contribution in [0.25, 0.3) is 0 Å². The van der Waals surface area contributed by atoms with Crippen LogP contribution in [0.15, 0.2) is 30.5 Å². The predicted molar refractivity (Wildman–Crippen MR) is 82.0 cm³/mol. The normalized spacial score (nSPS) is 16.6. The Morgan fingerprint density at radius 2 is 1.95 bits per heavy atom. The van der Waals surface area contributed by atoms with Gasteiger partial charge in [-0.3, -0.25) is 5.10 Å². The molecule has 1 saturated heterocycles. The fraction of sp³-hybridized carbons (Fsp3) is 0.438. The molecule has 0 saturated carbocycles. The van der Waals surface area contributed by atoms with Crippen molar-refractivity contribution in [2.24, 2.45) is 5.73 Å². The molecular formula is C16H22N4. The molecule has 1 aliphatic heterocycles. The monoisotopic (exact) mass is 270 g/mol. The number of aryl methyl sites for hydroxylation is 1. The van der Waals surface area contributed by atoms with Crippen molar-refractivity contribution < 1.29 is 0 Å². The minimum absolute atomic E-state index is 0.360. The van der Waals surface area contributed by atoms with Crippen molar-refractivity contribution in [1.29, 1.82) is 0 Å². The molecule has 1 aliphatic rings. The molecule has 2 aromatic rings. The first-order valence-electron chi connectivity index (χ1n) is 7.30. The summed E-state index contributed by atoms with van der Waals surface area (Å²) in [5.41, 5.74) is 11.0. The molecule has 4 nitrogen and oxygen atoms in total. The number of hydrogen-bond donors (Lipinski definition) is 2. The lowest BCUT2D eigenvalue weighted by Crippen LogP contribution is -2.39. The molecule has 0 amide bonds. The minimum Gasteiger partial charge on any atom is -0.369 e. The van der Waals surface area contributed by atoms with Gasteiger partial charge in [0.05, 0.1) is 17.6 Å². The third-order valence-corrected chi connectivity index (χ3v) is 4.08. The quantitative estimate of drug-likeness (QED) is 0.899. The van der Waals surface area contributed by atoms with Gasteiger partial charge in [-0.25, -0.2) is 0 Å². The fourth-order valence-corrected chi connectivity index (χ4v) is 2.76. The number of nitrogens with two attached hydrogens (primary N) is 1. The van der Waals surface area contributed by atoms with Gasteiger partial charge in [-0.2, -0.15) is 5.10 Å². The van der Waals surface area contributed by atoms with Crippen LogP contribution < -0.4 is 10.6 Å². The van der Waals surface area contributed by atoms with Gasteiger partial charge in [-0.15, -0.1) is 0 Å². The first-order valence-corrected chi connectivity index (χ1v) is 7.30. The smallest absolute Gasteiger partial charge is 0.0785 e. The third-order valence-electron chi connectivity index (χ3n) is 4.08. The Balaban J connectivity index is 1.74. The number of rotatable bonds is 3. The highest BCUT2D eigenvalue weighted by Gasteiger charge is 2.19. The van der Waals surface area contributed by atoms with E-state index in [0.717, 1.165) is 32.4 Å². The van der Waals surface area contributed by atoms with Crippen molar-refractivity contribution in [2.45, 2.75) is 32.2 Å². The van der Waals surface area contributed by atoms with Crippen LogP contribution in [-0.4, -0.2) is 29.3 Å². The van der Waals surface area contributed by atoms with E-state index in [1.807, 2.05) is 6.20 Å². The van der Waals surface area contributed by atoms with Gasteiger partial charge in [0.2, 0.25) is 0 Å². The average Bonchev–Trinajstić information content (AvgIpc) is 2.90. The standard InChI is InChI=1S/C16H22N4/c1-12-2-4-13(5-3-12)10-15-16(11-18-19-15)20-8-6-14(17)7-9-20/h2-5,11,14H,6-10,17H2,1H3,(H,18,19). The van der Waals surface area contributed by atoms with E-state index in [-0.39, 0.29) is 0 Å². The van der Waals surface area contributed by atoms with Crippen molar-refractivity contribution in [3.8, 4) is 0 Å². The maximum atomic E-state index is 5.98. The third kappa shape index (κ3) is 2.85. The van der Waals surface area contributed by atoms with Crippen LogP contribution >= 0.6 is 0 Å². The second-order valence-corrected chi connectivity index (χ2v) is 5.72. The molecule has 3 rings (SSSR count). The Hall–Kier alpha value is -1.81. The Bertz CT molecular complexity index is 550. The number of nitrogens with zero attached hydrogens (tertiary/aromatic N) is 2. The lowest BCUT2D eigenvalue weighted by atomic mass is 10.0. The number of aromatic nitrogens is 2. The molecule has 106 valence electrons. The number of H-pyrrole nitrogens is 1. The van der Waals surface area contributed by atoms with E-state index in [9.17, 15) is 0 Å². The van der Waals surface area contributed by atoms with E-state index in [0.29, 0.717) is 6.04 Å². The summed E-state index contributed by atoms with van der Waals surface area (Å²) < 4.78 is 0. The second kappa shape index (κ2) is 5.67. The lowest BCUT2D eigenvalue weighted by Gasteiger charge is -2.31. The second-order valence-electron chi connectivity index (χ2n) is 5.72. The van der Waals surface area contributed by atoms with Gasteiger partial charge in [0, 0.05) is 25.6 Å². The van der Waals surface area contributed by atoms with Crippen LogP contribution in [0, 0.1) is 6.92 Å². The Labute approximate surface area is 120 Å². The molecule has 3 N–H and O–H groups in total. The predicted octanol–water partition coefficient (Wildman–Crippen LogP) is 2.24. The van der Waals surface area contributed by atoms with E-state index in [1.165, 1.54) is 22.5 Å². The number of nitrogens with one attached hydrogen (secondary N) is 1. The zero-order chi connectivity index (χ0) is 13.9. The summed E-state index contributed by atoms with van der Waals surface area (Å²) >= 11 is 0. The van der Waals surface area contributed by atoms with Crippen molar-refractivity contribution >= 4 is 5.69 Å². The zero-order valence-corrected chi connectivity index (χ0v) is 12.0. The first-order chi connectivity index (χ1) is 9.72. The van der Waals surface area contributed by atoms with Gasteiger partial charge in [0.15, 0.2) is 0 Å². The number of anilines is 1. The Morgan fingerprint density at radius 3 is 2.65 bits per heavy atom. The molecule has 0 radical (unpaired) electrons. The average molecular weight is 270 g/mol. The van der Waals surface area contributed by atoms with E-state index >= 15 is 0 Å². The number of benzene rings is 1. The van der Waals surface area contributed by atoms with Crippen LogP contribution in [0.1, 0.15) is 29.7 Å². The molecule has 1 aromatic heterocycles. The van der Waals surface area contributed by atoms with Crippen LogP contribution in [0.4, 0.5) is 5.69 Å². The Kier molecular flexibility index (Phi) is 3.74. The minimum atomic E-state index is 0.360. The van der Waals surface area contributed by atoms with Gasteiger partial charge in [-0.05, 0) is 25.3 Å². The molecule has 0 bridgehead atoms. The highest BCUT2D eigenvalue weighted by Crippen LogP contribution is 2.24. The van der Waals surface area contributed by atoms with E-state index in [1.54, 1.807) is 0 Å². The number of piperidine rings is 1. The van der Waals surface area contributed by atoms with Crippen LogP contribution in [0.5, 0.6) is 0 Å². The van der Waals surface area contributed by atoms with Crippen LogP contribution in [0.3, 0.4) is 0 Å². The molecule has 4 heteroatoms. The van der Waals surface area contributed by atoms with Gasteiger partial charge >= 0.3 is 0 Å². The summed E-state index contributed by atoms with van der Waals surface area (Å²) in [6.07, 6.45) is 4.98. The summed E-state index contributed by atoms with van der Waals surface area (Å²) in [4.78, 5) is 2.40. The lowest BCUT2D eigenvalue weighted by molar-refractivity contribution is 0.500. The first kappa shape index (κ1) is 13.2. The van der Waals surface area contributed by atoms with Crippen LogP contribution in [-0.2, 0) is 6.42 Å². The molecule has 0 aliphatic carbocycles. The van der Waals surface area contributed by atoms with Gasteiger partial charge in [-0.1, -0.05) is 29.8 Å². The van der Waals surface area contributed by atoms with Gasteiger partial charge in [0.1, 0.15) is 0 Å². The van der Waals surface area contributed by atoms with Crippen LogP contribution in [0.2, 0.25) is 0 Å². The Morgan fingerprint density at radius 1 is 1.25 bits per heavy atom. The topological polar surface area (TPSA) is 57.9 Å². The summed E-state index contributed by atoms with van der Waals surface area (Å²) in [5.74, 6) is 0. The van der Waals surface area contributed by atoms with Crippen molar-refractivity contribution in [3.05, 3.63) is 47.3 Å². The number of hydrogen-bond acceptors (Lipinski definition) is 3. The highest BCUT2D eigenvalue weighted by atomic mass is 15.2.